The van der Waals surface area contributed by atoms with Crippen molar-refractivity contribution in [3.8, 4) is 5.75 Å². The predicted octanol–water partition coefficient (Wildman–Crippen LogP) is 2.86. The van der Waals surface area contributed by atoms with E-state index in [1.807, 2.05) is 29.2 Å². The van der Waals surface area contributed by atoms with Gasteiger partial charge in [0, 0.05) is 0 Å². The number of hydrogen-bond acceptors (Lipinski definition) is 3. The summed E-state index contributed by atoms with van der Waals surface area (Å²) in [5.41, 5.74) is 5.70. The van der Waals surface area contributed by atoms with Crippen LogP contribution in [0.1, 0.15) is 11.1 Å². The lowest BCUT2D eigenvalue weighted by Crippen LogP contribution is -3.15. The van der Waals surface area contributed by atoms with E-state index in [2.05, 4.69) is 53.4 Å². The van der Waals surface area contributed by atoms with Gasteiger partial charge in [-0.3, -0.25) is 9.69 Å². The standard InChI is InChI=1S/C27H29N3O2/c1-32-26-13-7-6-12-25(26)29-18-16-28(17-19-29)20-27(31)30-23-10-4-2-8-21(23)14-15-22-9-3-5-11-24(22)30/h2-13H,14-20H2,1H3/p+1. The zero-order valence-corrected chi connectivity index (χ0v) is 18.6. The van der Waals surface area contributed by atoms with E-state index < -0.39 is 0 Å². The number of carbonyl (C=O) groups is 1. The molecule has 3 aromatic carbocycles. The van der Waals surface area contributed by atoms with Gasteiger partial charge in [-0.15, -0.1) is 0 Å². The second kappa shape index (κ2) is 9.05. The minimum absolute atomic E-state index is 0.174. The largest absolute Gasteiger partial charge is 0.495 e. The summed E-state index contributed by atoms with van der Waals surface area (Å²) in [5, 5.41) is 0. The molecule has 1 saturated heterocycles. The van der Waals surface area contributed by atoms with E-state index >= 15 is 0 Å². The molecule has 2 heterocycles. The molecule has 1 N–H and O–H groups in total. The first kappa shape index (κ1) is 20.6. The van der Waals surface area contributed by atoms with Crippen LogP contribution in [0.15, 0.2) is 72.8 Å². The van der Waals surface area contributed by atoms with Gasteiger partial charge in [0.1, 0.15) is 5.75 Å². The molecule has 3 aromatic rings. The summed E-state index contributed by atoms with van der Waals surface area (Å²) in [5.74, 6) is 1.08. The van der Waals surface area contributed by atoms with Gasteiger partial charge in [-0.05, 0) is 48.2 Å². The van der Waals surface area contributed by atoms with Crippen LogP contribution in [0.5, 0.6) is 5.75 Å². The molecule has 32 heavy (non-hydrogen) atoms. The second-order valence-corrected chi connectivity index (χ2v) is 8.57. The molecular formula is C27H30N3O2+. The number of para-hydroxylation sites is 4. The first-order valence-electron chi connectivity index (χ1n) is 11.4. The third kappa shape index (κ3) is 3.96. The highest BCUT2D eigenvalue weighted by Gasteiger charge is 2.30. The molecule has 1 amide bonds. The minimum atomic E-state index is 0.174. The minimum Gasteiger partial charge on any atom is -0.495 e. The summed E-state index contributed by atoms with van der Waals surface area (Å²) in [4.78, 5) is 19.3. The SMILES string of the molecule is COc1ccccc1N1CC[NH+](CC(=O)N2c3ccccc3CCc3ccccc32)CC1. The predicted molar refractivity (Wildman–Crippen MR) is 128 cm³/mol. The Labute approximate surface area is 189 Å². The molecule has 0 saturated carbocycles. The fourth-order valence-electron chi connectivity index (χ4n) is 4.97. The lowest BCUT2D eigenvalue weighted by molar-refractivity contribution is -0.892. The van der Waals surface area contributed by atoms with Crippen molar-refractivity contribution >= 4 is 23.0 Å². The number of anilines is 3. The van der Waals surface area contributed by atoms with E-state index in [9.17, 15) is 4.79 Å². The lowest BCUT2D eigenvalue weighted by atomic mass is 10.0. The topological polar surface area (TPSA) is 37.2 Å². The smallest absolute Gasteiger partial charge is 0.286 e. The van der Waals surface area contributed by atoms with Crippen LogP contribution < -0.4 is 19.4 Å². The maximum absolute atomic E-state index is 13.7. The molecule has 5 nitrogen and oxygen atoms in total. The van der Waals surface area contributed by atoms with Crippen molar-refractivity contribution in [2.24, 2.45) is 0 Å². The number of benzene rings is 3. The van der Waals surface area contributed by atoms with E-state index in [1.54, 1.807) is 7.11 Å². The zero-order chi connectivity index (χ0) is 21.9. The third-order valence-electron chi connectivity index (χ3n) is 6.68. The van der Waals surface area contributed by atoms with Gasteiger partial charge < -0.3 is 14.5 Å². The van der Waals surface area contributed by atoms with E-state index in [1.165, 1.54) is 16.0 Å². The van der Waals surface area contributed by atoms with Gasteiger partial charge in [0.05, 0.1) is 50.4 Å². The van der Waals surface area contributed by atoms with Crippen molar-refractivity contribution in [2.75, 3.05) is 49.6 Å². The Morgan fingerprint density at radius 2 is 1.34 bits per heavy atom. The Morgan fingerprint density at radius 1 is 0.812 bits per heavy atom. The van der Waals surface area contributed by atoms with Crippen molar-refractivity contribution < 1.29 is 14.4 Å². The molecule has 5 heteroatoms. The number of aryl methyl sites for hydroxylation is 2. The third-order valence-corrected chi connectivity index (χ3v) is 6.68. The molecule has 1 fully saturated rings. The number of nitrogens with zero attached hydrogens (tertiary/aromatic N) is 2. The van der Waals surface area contributed by atoms with Crippen LogP contribution in [0.2, 0.25) is 0 Å². The first-order valence-corrected chi connectivity index (χ1v) is 11.4. The molecule has 0 radical (unpaired) electrons. The summed E-state index contributed by atoms with van der Waals surface area (Å²) >= 11 is 0. The van der Waals surface area contributed by atoms with Crippen molar-refractivity contribution in [1.82, 2.24) is 0 Å². The molecule has 0 atom stereocenters. The highest BCUT2D eigenvalue weighted by Crippen LogP contribution is 2.35. The number of fused-ring (bicyclic) bond motifs is 2. The molecule has 2 aliphatic rings. The molecule has 164 valence electrons. The number of nitrogens with one attached hydrogen (secondary N) is 1. The van der Waals surface area contributed by atoms with Gasteiger partial charge in [0.25, 0.3) is 5.91 Å². The number of rotatable bonds is 4. The average Bonchev–Trinajstić information content (AvgIpc) is 3.01. The fourth-order valence-corrected chi connectivity index (χ4v) is 4.97. The van der Waals surface area contributed by atoms with Gasteiger partial charge in [-0.25, -0.2) is 0 Å². The van der Waals surface area contributed by atoms with Crippen molar-refractivity contribution in [3.05, 3.63) is 83.9 Å². The van der Waals surface area contributed by atoms with Gasteiger partial charge in [0.2, 0.25) is 0 Å². The van der Waals surface area contributed by atoms with Crippen LogP contribution in [0.4, 0.5) is 17.1 Å². The molecule has 0 spiro atoms. The van der Waals surface area contributed by atoms with Crippen LogP contribution in [-0.2, 0) is 17.6 Å². The molecule has 5 rings (SSSR count). The molecular weight excluding hydrogens is 398 g/mol. The monoisotopic (exact) mass is 428 g/mol. The molecule has 2 aliphatic heterocycles. The Hall–Kier alpha value is -3.31. The molecule has 0 aromatic heterocycles. The Kier molecular flexibility index (Phi) is 5.82. The highest BCUT2D eigenvalue weighted by molar-refractivity contribution is 6.02. The number of quaternary nitrogens is 1. The molecule has 0 unspecified atom stereocenters. The molecule has 0 aliphatic carbocycles. The molecule has 0 bridgehead atoms. The number of piperazine rings is 1. The van der Waals surface area contributed by atoms with Crippen molar-refractivity contribution in [3.63, 3.8) is 0 Å². The summed E-state index contributed by atoms with van der Waals surface area (Å²) in [6.07, 6.45) is 1.92. The normalized spacial score (nSPS) is 16.2. The van der Waals surface area contributed by atoms with Crippen LogP contribution in [0.3, 0.4) is 0 Å². The van der Waals surface area contributed by atoms with Gasteiger partial charge >= 0.3 is 0 Å². The number of amides is 1. The van der Waals surface area contributed by atoms with E-state index in [0.29, 0.717) is 6.54 Å². The second-order valence-electron chi connectivity index (χ2n) is 8.57. The van der Waals surface area contributed by atoms with Crippen molar-refractivity contribution in [1.29, 1.82) is 0 Å². The Morgan fingerprint density at radius 3 is 1.94 bits per heavy atom. The van der Waals surface area contributed by atoms with Crippen LogP contribution in [0, 0.1) is 0 Å². The maximum Gasteiger partial charge on any atom is 0.286 e. The van der Waals surface area contributed by atoms with Gasteiger partial charge in [0.15, 0.2) is 6.54 Å². The van der Waals surface area contributed by atoms with Gasteiger partial charge in [-0.2, -0.15) is 0 Å². The van der Waals surface area contributed by atoms with Crippen LogP contribution in [0.25, 0.3) is 0 Å². The van der Waals surface area contributed by atoms with E-state index in [0.717, 1.165) is 61.8 Å². The quantitative estimate of drug-likeness (QED) is 0.694. The number of carbonyl (C=O) groups excluding carboxylic acids is 1. The average molecular weight is 429 g/mol. The lowest BCUT2D eigenvalue weighted by Gasteiger charge is -2.35. The fraction of sp³-hybridized carbons (Fsp3) is 0.296. The number of ether oxygens (including phenoxy) is 1. The van der Waals surface area contributed by atoms with E-state index in [-0.39, 0.29) is 5.91 Å². The summed E-state index contributed by atoms with van der Waals surface area (Å²) < 4.78 is 5.54. The number of methoxy groups -OCH3 is 1. The zero-order valence-electron chi connectivity index (χ0n) is 18.6. The maximum atomic E-state index is 13.7. The highest BCUT2D eigenvalue weighted by atomic mass is 16.5. The summed E-state index contributed by atoms with van der Waals surface area (Å²) in [6, 6.07) is 24.9. The first-order chi connectivity index (χ1) is 15.7. The Bertz CT molecular complexity index is 1060. The van der Waals surface area contributed by atoms with Gasteiger partial charge in [-0.1, -0.05) is 48.5 Å². The summed E-state index contributed by atoms with van der Waals surface area (Å²) in [7, 11) is 1.72. The summed E-state index contributed by atoms with van der Waals surface area (Å²) in [6.45, 7) is 4.19. The van der Waals surface area contributed by atoms with E-state index in [4.69, 9.17) is 4.74 Å². The van der Waals surface area contributed by atoms with Crippen molar-refractivity contribution in [2.45, 2.75) is 12.8 Å². The van der Waals surface area contributed by atoms with Crippen LogP contribution in [-0.4, -0.2) is 45.7 Å². The Balaban J connectivity index is 1.33. The van der Waals surface area contributed by atoms with Crippen LogP contribution >= 0.6 is 0 Å². The number of hydrogen-bond donors (Lipinski definition) is 1.